The molecule has 2 atom stereocenters. The molecule has 0 radical (unpaired) electrons. The summed E-state index contributed by atoms with van der Waals surface area (Å²) in [6.45, 7) is 2.96. The van der Waals surface area contributed by atoms with Crippen LogP contribution in [0.2, 0.25) is 0 Å². The third-order valence-corrected chi connectivity index (χ3v) is 2.92. The van der Waals surface area contributed by atoms with Crippen LogP contribution in [0.4, 0.5) is 0 Å². The fraction of sp³-hybridized carbons (Fsp3) is 0.438. The first-order chi connectivity index (χ1) is 9.65. The van der Waals surface area contributed by atoms with E-state index in [2.05, 4.69) is 4.74 Å². The number of esters is 1. The number of carbonyl (C=O) groups excluding carboxylic acids is 1. The maximum absolute atomic E-state index is 11.1. The number of benzene rings is 1. The van der Waals surface area contributed by atoms with Crippen LogP contribution in [0.15, 0.2) is 42.5 Å². The van der Waals surface area contributed by atoms with Crippen LogP contribution >= 0.6 is 0 Å². The van der Waals surface area contributed by atoms with Crippen molar-refractivity contribution in [3.8, 4) is 0 Å². The van der Waals surface area contributed by atoms with Crippen LogP contribution < -0.4 is 0 Å². The molecule has 0 bridgehead atoms. The van der Waals surface area contributed by atoms with E-state index in [1.54, 1.807) is 13.0 Å². The maximum Gasteiger partial charge on any atom is 0.335 e. The van der Waals surface area contributed by atoms with Crippen LogP contribution in [0.3, 0.4) is 0 Å². The molecule has 1 aromatic carbocycles. The SMILES string of the molecule is COC(=O)[C@H](O)[C@H](C)/C=C/CCOCc1ccccc1. The second kappa shape index (κ2) is 9.28. The Morgan fingerprint density at radius 1 is 1.35 bits per heavy atom. The minimum absolute atomic E-state index is 0.267. The largest absolute Gasteiger partial charge is 0.467 e. The van der Waals surface area contributed by atoms with Gasteiger partial charge in [-0.15, -0.1) is 0 Å². The smallest absolute Gasteiger partial charge is 0.335 e. The summed E-state index contributed by atoms with van der Waals surface area (Å²) < 4.78 is 10.0. The molecule has 0 spiro atoms. The second-order valence-electron chi connectivity index (χ2n) is 4.58. The van der Waals surface area contributed by atoms with Gasteiger partial charge in [0.2, 0.25) is 0 Å². The van der Waals surface area contributed by atoms with Crippen LogP contribution in [0.5, 0.6) is 0 Å². The van der Waals surface area contributed by atoms with Crippen molar-refractivity contribution in [1.29, 1.82) is 0 Å². The average molecular weight is 278 g/mol. The molecule has 0 fully saturated rings. The fourth-order valence-electron chi connectivity index (χ4n) is 1.67. The Morgan fingerprint density at radius 3 is 2.70 bits per heavy atom. The van der Waals surface area contributed by atoms with Crippen LogP contribution in [0, 0.1) is 5.92 Å². The predicted molar refractivity (Wildman–Crippen MR) is 77.0 cm³/mol. The lowest BCUT2D eigenvalue weighted by Crippen LogP contribution is -2.27. The van der Waals surface area contributed by atoms with E-state index in [0.717, 1.165) is 12.0 Å². The molecular formula is C16H22O4. The Morgan fingerprint density at radius 2 is 2.05 bits per heavy atom. The van der Waals surface area contributed by atoms with Crippen molar-refractivity contribution in [2.24, 2.45) is 5.92 Å². The molecule has 110 valence electrons. The van der Waals surface area contributed by atoms with Gasteiger partial charge < -0.3 is 14.6 Å². The van der Waals surface area contributed by atoms with Gasteiger partial charge in [0, 0.05) is 5.92 Å². The Hall–Kier alpha value is -1.65. The van der Waals surface area contributed by atoms with Gasteiger partial charge in [-0.2, -0.15) is 0 Å². The van der Waals surface area contributed by atoms with E-state index in [9.17, 15) is 9.90 Å². The summed E-state index contributed by atoms with van der Waals surface area (Å²) in [6, 6.07) is 9.97. The van der Waals surface area contributed by atoms with E-state index in [1.807, 2.05) is 36.4 Å². The lowest BCUT2D eigenvalue weighted by Gasteiger charge is -2.12. The Kier molecular flexibility index (Phi) is 7.62. The molecule has 1 N–H and O–H groups in total. The van der Waals surface area contributed by atoms with Crippen LogP contribution in [-0.4, -0.2) is 30.9 Å². The molecule has 1 rings (SSSR count). The summed E-state index contributed by atoms with van der Waals surface area (Å²) in [5, 5.41) is 9.58. The minimum Gasteiger partial charge on any atom is -0.467 e. The van der Waals surface area contributed by atoms with Gasteiger partial charge in [0.1, 0.15) is 0 Å². The van der Waals surface area contributed by atoms with Gasteiger partial charge >= 0.3 is 5.97 Å². The van der Waals surface area contributed by atoms with Gasteiger partial charge in [-0.05, 0) is 12.0 Å². The average Bonchev–Trinajstić information content (AvgIpc) is 2.49. The molecule has 4 heteroatoms. The summed E-state index contributed by atoms with van der Waals surface area (Å²) in [5.74, 6) is -0.876. The zero-order chi connectivity index (χ0) is 14.8. The summed E-state index contributed by atoms with van der Waals surface area (Å²) in [7, 11) is 1.26. The van der Waals surface area contributed by atoms with Crippen LogP contribution in [0.1, 0.15) is 18.9 Å². The topological polar surface area (TPSA) is 55.8 Å². The van der Waals surface area contributed by atoms with E-state index in [1.165, 1.54) is 7.11 Å². The first kappa shape index (κ1) is 16.4. The summed E-state index contributed by atoms with van der Waals surface area (Å²) in [5.41, 5.74) is 1.14. The molecular weight excluding hydrogens is 256 g/mol. The lowest BCUT2D eigenvalue weighted by atomic mass is 10.0. The number of ether oxygens (including phenoxy) is 2. The van der Waals surface area contributed by atoms with E-state index in [-0.39, 0.29) is 5.92 Å². The first-order valence-electron chi connectivity index (χ1n) is 6.69. The molecule has 4 nitrogen and oxygen atoms in total. The molecule has 0 saturated heterocycles. The van der Waals surface area contributed by atoms with E-state index in [0.29, 0.717) is 13.2 Å². The van der Waals surface area contributed by atoms with Crippen molar-refractivity contribution < 1.29 is 19.4 Å². The zero-order valence-corrected chi connectivity index (χ0v) is 12.0. The summed E-state index contributed by atoms with van der Waals surface area (Å²) >= 11 is 0. The Labute approximate surface area is 120 Å². The first-order valence-corrected chi connectivity index (χ1v) is 6.69. The van der Waals surface area contributed by atoms with Crippen molar-refractivity contribution >= 4 is 5.97 Å². The number of carbonyl (C=O) groups is 1. The lowest BCUT2D eigenvalue weighted by molar-refractivity contribution is -0.152. The van der Waals surface area contributed by atoms with Crippen molar-refractivity contribution in [1.82, 2.24) is 0 Å². The summed E-state index contributed by atoms with van der Waals surface area (Å²) in [6.07, 6.45) is 3.34. The van der Waals surface area contributed by atoms with E-state index < -0.39 is 12.1 Å². The highest BCUT2D eigenvalue weighted by molar-refractivity contribution is 5.74. The van der Waals surface area contributed by atoms with Gasteiger partial charge in [0.05, 0.1) is 20.3 Å². The van der Waals surface area contributed by atoms with Gasteiger partial charge in [-0.25, -0.2) is 4.79 Å². The molecule has 0 unspecified atom stereocenters. The standard InChI is InChI=1S/C16H22O4/c1-13(15(17)16(18)19-2)8-6-7-11-20-12-14-9-4-3-5-10-14/h3-6,8-10,13,15,17H,7,11-12H2,1-2H3/b8-6+/t13-,15-/m1/s1. The molecule has 0 aliphatic heterocycles. The molecule has 0 saturated carbocycles. The Balaban J connectivity index is 2.17. The quantitative estimate of drug-likeness (QED) is 0.450. The molecule has 20 heavy (non-hydrogen) atoms. The normalized spacial score (nSPS) is 14.2. The monoisotopic (exact) mass is 278 g/mol. The molecule has 0 aliphatic carbocycles. The number of hydrogen-bond donors (Lipinski definition) is 1. The van der Waals surface area contributed by atoms with Crippen molar-refractivity contribution in [3.63, 3.8) is 0 Å². The third-order valence-electron chi connectivity index (χ3n) is 2.92. The predicted octanol–water partition coefficient (Wildman–Crippen LogP) is 2.32. The van der Waals surface area contributed by atoms with Gasteiger partial charge in [0.25, 0.3) is 0 Å². The van der Waals surface area contributed by atoms with Crippen molar-refractivity contribution in [2.45, 2.75) is 26.1 Å². The van der Waals surface area contributed by atoms with E-state index in [4.69, 9.17) is 4.74 Å². The summed E-state index contributed by atoms with van der Waals surface area (Å²) in [4.78, 5) is 11.1. The highest BCUT2D eigenvalue weighted by Gasteiger charge is 2.20. The fourth-order valence-corrected chi connectivity index (χ4v) is 1.67. The van der Waals surface area contributed by atoms with Crippen molar-refractivity contribution in [2.75, 3.05) is 13.7 Å². The minimum atomic E-state index is -1.11. The molecule has 0 amide bonds. The number of aliphatic hydroxyl groups is 1. The highest BCUT2D eigenvalue weighted by atomic mass is 16.5. The van der Waals surface area contributed by atoms with E-state index >= 15 is 0 Å². The number of rotatable bonds is 8. The van der Waals surface area contributed by atoms with Gasteiger partial charge in [0.15, 0.2) is 6.10 Å². The van der Waals surface area contributed by atoms with Crippen molar-refractivity contribution in [3.05, 3.63) is 48.0 Å². The number of hydrogen-bond acceptors (Lipinski definition) is 4. The second-order valence-corrected chi connectivity index (χ2v) is 4.58. The zero-order valence-electron chi connectivity index (χ0n) is 12.0. The number of methoxy groups -OCH3 is 1. The number of aliphatic hydroxyl groups excluding tert-OH is 1. The van der Waals surface area contributed by atoms with Crippen LogP contribution in [-0.2, 0) is 20.9 Å². The van der Waals surface area contributed by atoms with Gasteiger partial charge in [-0.1, -0.05) is 49.4 Å². The third kappa shape index (κ3) is 5.99. The molecule has 0 aliphatic rings. The maximum atomic E-state index is 11.1. The van der Waals surface area contributed by atoms with Gasteiger partial charge in [-0.3, -0.25) is 0 Å². The molecule has 0 aromatic heterocycles. The highest BCUT2D eigenvalue weighted by Crippen LogP contribution is 2.07. The Bertz CT molecular complexity index is 414. The molecule has 1 aromatic rings. The molecule has 0 heterocycles. The van der Waals surface area contributed by atoms with Crippen LogP contribution in [0.25, 0.3) is 0 Å².